The number of amides is 3. The number of β-lactam (4-membered cyclic amide) rings is 1. The van der Waals surface area contributed by atoms with Gasteiger partial charge in [0.15, 0.2) is 16.6 Å². The number of aromatic nitrogens is 1. The van der Waals surface area contributed by atoms with E-state index in [2.05, 4.69) is 30.3 Å². The Hall–Kier alpha value is -2.53. The van der Waals surface area contributed by atoms with E-state index in [-0.39, 0.29) is 15.0 Å². The van der Waals surface area contributed by atoms with Gasteiger partial charge in [-0.15, -0.1) is 11.3 Å². The van der Waals surface area contributed by atoms with E-state index < -0.39 is 56.6 Å². The minimum absolute atomic E-state index is 0.00580. The third-order valence-electron chi connectivity index (χ3n) is 3.65. The number of oxime groups is 1. The van der Waals surface area contributed by atoms with Crippen LogP contribution in [0.2, 0.25) is 0 Å². The fraction of sp³-hybridized carbons (Fsp3) is 0.385. The average Bonchev–Trinajstić information content (AvgIpc) is 3.13. The average molecular weight is 518 g/mol. The summed E-state index contributed by atoms with van der Waals surface area (Å²) in [6.07, 6.45) is 0. The van der Waals surface area contributed by atoms with Crippen molar-refractivity contribution in [1.82, 2.24) is 14.6 Å². The molecule has 2 rings (SSSR count). The van der Waals surface area contributed by atoms with Crippen molar-refractivity contribution in [3.8, 4) is 0 Å². The lowest BCUT2D eigenvalue weighted by molar-refractivity contribution is -0.162. The third-order valence-corrected chi connectivity index (χ3v) is 5.70. The van der Waals surface area contributed by atoms with Gasteiger partial charge < -0.3 is 20.2 Å². The minimum Gasteiger partial charge on any atom is -0.467 e. The summed E-state index contributed by atoms with van der Waals surface area (Å²) in [4.78, 5) is 55.5. The van der Waals surface area contributed by atoms with Crippen LogP contribution in [0.25, 0.3) is 0 Å². The van der Waals surface area contributed by atoms with E-state index in [0.717, 1.165) is 25.6 Å². The lowest BCUT2D eigenvalue weighted by Gasteiger charge is -2.41. The number of methoxy groups -OCH3 is 1. The van der Waals surface area contributed by atoms with E-state index in [9.17, 15) is 27.6 Å². The van der Waals surface area contributed by atoms with E-state index >= 15 is 0 Å². The lowest BCUT2D eigenvalue weighted by atomic mass is 9.98. The zero-order valence-corrected chi connectivity index (χ0v) is 18.6. The summed E-state index contributed by atoms with van der Waals surface area (Å²) in [5.41, 5.74) is 0.508. The highest BCUT2D eigenvalue weighted by molar-refractivity contribution is 7.84. The van der Waals surface area contributed by atoms with Crippen LogP contribution in [0.3, 0.4) is 0 Å². The van der Waals surface area contributed by atoms with Gasteiger partial charge in [0.25, 0.3) is 17.7 Å². The maximum atomic E-state index is 12.7. The Kier molecular flexibility index (Phi) is 7.77. The highest BCUT2D eigenvalue weighted by atomic mass is 35.5. The normalized spacial score (nSPS) is 19.0. The summed E-state index contributed by atoms with van der Waals surface area (Å²) in [6.45, 7) is 0. The standard InChI is InChI=1S/C13H13Cl2N5O9S2/c1-28-13(24)7-6(12(23)20(7)31(25,26)27)17-9(21)4(19-29-2)5-11(30-3-16-5)18-10(22)8(14)15/h3,6-8H,1-2H3,(H,17,21)(H,18,22)(H,25,26,27). The molecule has 2 heterocycles. The SMILES string of the molecule is CON=C(C(=O)NC1C(=O)N(S(=O)(=O)O)C1C(=O)OC)c1ncsc1NC(=O)C(Cl)Cl. The number of hydrogen-bond donors (Lipinski definition) is 3. The minimum atomic E-state index is -5.10. The highest BCUT2D eigenvalue weighted by Gasteiger charge is 2.58. The van der Waals surface area contributed by atoms with Crippen molar-refractivity contribution < 1.29 is 41.7 Å². The Bertz CT molecular complexity index is 1040. The molecule has 0 spiro atoms. The number of carbonyl (C=O) groups is 4. The molecule has 2 atom stereocenters. The second-order valence-corrected chi connectivity index (χ2v) is 8.71. The first-order chi connectivity index (χ1) is 14.4. The summed E-state index contributed by atoms with van der Waals surface area (Å²) in [5, 5.41) is 7.91. The number of ether oxygens (including phenoxy) is 1. The van der Waals surface area contributed by atoms with Gasteiger partial charge in [-0.3, -0.25) is 18.9 Å². The number of rotatable bonds is 8. The summed E-state index contributed by atoms with van der Waals surface area (Å²) in [6, 6.07) is -3.57. The van der Waals surface area contributed by atoms with Crippen LogP contribution in [0.4, 0.5) is 5.00 Å². The van der Waals surface area contributed by atoms with Gasteiger partial charge in [-0.1, -0.05) is 28.4 Å². The number of halogens is 2. The van der Waals surface area contributed by atoms with Gasteiger partial charge >= 0.3 is 16.3 Å². The molecule has 1 fully saturated rings. The number of alkyl halides is 2. The molecule has 1 aromatic rings. The first-order valence-electron chi connectivity index (χ1n) is 7.77. The predicted molar refractivity (Wildman–Crippen MR) is 106 cm³/mol. The maximum Gasteiger partial charge on any atom is 0.363 e. The van der Waals surface area contributed by atoms with Gasteiger partial charge in [0.1, 0.15) is 23.8 Å². The molecule has 0 radical (unpaired) electrons. The Balaban J connectivity index is 2.31. The molecular formula is C13H13Cl2N5O9S2. The van der Waals surface area contributed by atoms with Gasteiger partial charge in [0.2, 0.25) is 0 Å². The van der Waals surface area contributed by atoms with Crippen LogP contribution in [0.5, 0.6) is 0 Å². The van der Waals surface area contributed by atoms with Crippen molar-refractivity contribution in [1.29, 1.82) is 0 Å². The molecule has 3 N–H and O–H groups in total. The molecule has 0 bridgehead atoms. The molecule has 1 saturated heterocycles. The van der Waals surface area contributed by atoms with Gasteiger partial charge in [-0.25, -0.2) is 9.78 Å². The molecular weight excluding hydrogens is 505 g/mol. The number of thiazole rings is 1. The number of carbonyl (C=O) groups excluding carboxylic acids is 4. The summed E-state index contributed by atoms with van der Waals surface area (Å²) >= 11 is 11.8. The fourth-order valence-corrected chi connectivity index (χ4v) is 4.00. The van der Waals surface area contributed by atoms with Gasteiger partial charge in [-0.05, 0) is 0 Å². The summed E-state index contributed by atoms with van der Waals surface area (Å²) in [7, 11) is -3.09. The van der Waals surface area contributed by atoms with Crippen molar-refractivity contribution in [3.63, 3.8) is 0 Å². The Morgan fingerprint density at radius 1 is 1.35 bits per heavy atom. The van der Waals surface area contributed by atoms with Crippen molar-refractivity contribution in [2.24, 2.45) is 5.16 Å². The molecule has 0 aliphatic carbocycles. The van der Waals surface area contributed by atoms with Gasteiger partial charge in [-0.2, -0.15) is 12.7 Å². The van der Waals surface area contributed by atoms with Crippen LogP contribution >= 0.6 is 34.5 Å². The van der Waals surface area contributed by atoms with Crippen molar-refractivity contribution >= 4 is 79.2 Å². The number of hydrogen-bond acceptors (Lipinski definition) is 11. The molecule has 1 aliphatic rings. The van der Waals surface area contributed by atoms with E-state index in [1.54, 1.807) is 0 Å². The van der Waals surface area contributed by atoms with Crippen molar-refractivity contribution in [2.45, 2.75) is 16.9 Å². The molecule has 1 aromatic heterocycles. The molecule has 170 valence electrons. The smallest absolute Gasteiger partial charge is 0.363 e. The van der Waals surface area contributed by atoms with Crippen LogP contribution in [0.1, 0.15) is 5.69 Å². The summed E-state index contributed by atoms with van der Waals surface area (Å²) < 4.78 is 36.1. The van der Waals surface area contributed by atoms with Gasteiger partial charge in [0.05, 0.1) is 12.6 Å². The number of nitrogens with zero attached hydrogens (tertiary/aromatic N) is 3. The van der Waals surface area contributed by atoms with E-state index in [0.29, 0.717) is 0 Å². The number of esters is 1. The first kappa shape index (κ1) is 24.7. The van der Waals surface area contributed by atoms with Crippen molar-refractivity contribution in [3.05, 3.63) is 11.2 Å². The molecule has 31 heavy (non-hydrogen) atoms. The molecule has 2 unspecified atom stereocenters. The fourth-order valence-electron chi connectivity index (χ4n) is 2.38. The Morgan fingerprint density at radius 3 is 2.52 bits per heavy atom. The molecule has 3 amide bonds. The third kappa shape index (κ3) is 5.21. The quantitative estimate of drug-likeness (QED) is 0.0950. The van der Waals surface area contributed by atoms with E-state index in [1.165, 1.54) is 5.51 Å². The lowest BCUT2D eigenvalue weighted by Crippen LogP contribution is -2.74. The van der Waals surface area contributed by atoms with E-state index in [4.69, 9.17) is 27.8 Å². The predicted octanol–water partition coefficient (Wildman–Crippen LogP) is -1.09. The second-order valence-electron chi connectivity index (χ2n) is 5.47. The monoisotopic (exact) mass is 517 g/mol. The maximum absolute atomic E-state index is 12.7. The Labute approximate surface area is 188 Å². The van der Waals surface area contributed by atoms with Crippen LogP contribution < -0.4 is 10.6 Å². The second kappa shape index (κ2) is 9.73. The highest BCUT2D eigenvalue weighted by Crippen LogP contribution is 2.26. The molecule has 1 aliphatic heterocycles. The van der Waals surface area contributed by atoms with E-state index in [1.807, 2.05) is 0 Å². The van der Waals surface area contributed by atoms with Crippen LogP contribution in [0.15, 0.2) is 10.7 Å². The summed E-state index contributed by atoms with van der Waals surface area (Å²) in [5.74, 6) is -4.47. The molecule has 18 heteroatoms. The molecule has 14 nitrogen and oxygen atoms in total. The molecule has 0 saturated carbocycles. The first-order valence-corrected chi connectivity index (χ1v) is 10.9. The zero-order chi connectivity index (χ0) is 23.5. The number of nitrogens with one attached hydrogen (secondary N) is 2. The Morgan fingerprint density at radius 2 is 2.00 bits per heavy atom. The van der Waals surface area contributed by atoms with Crippen molar-refractivity contribution in [2.75, 3.05) is 19.5 Å². The largest absolute Gasteiger partial charge is 0.467 e. The topological polar surface area (TPSA) is 194 Å². The zero-order valence-electron chi connectivity index (χ0n) is 15.4. The van der Waals surface area contributed by atoms with Crippen LogP contribution in [-0.2, 0) is 39.1 Å². The van der Waals surface area contributed by atoms with Crippen LogP contribution in [0, 0.1) is 0 Å². The van der Waals surface area contributed by atoms with Crippen LogP contribution in [-0.4, -0.2) is 82.8 Å². The number of anilines is 1. The van der Waals surface area contributed by atoms with Gasteiger partial charge in [0, 0.05) is 0 Å². The molecule has 0 aromatic carbocycles.